The van der Waals surface area contributed by atoms with Crippen molar-refractivity contribution >= 4 is 23.7 Å². The number of hydrogen-bond donors (Lipinski definition) is 1. The number of nitrogens with zero attached hydrogens (tertiary/aromatic N) is 2. The molecule has 3 rings (SSSR count). The molecule has 0 aliphatic carbocycles. The van der Waals surface area contributed by atoms with Gasteiger partial charge in [-0.2, -0.15) is 0 Å². The highest BCUT2D eigenvalue weighted by Gasteiger charge is 2.49. The minimum absolute atomic E-state index is 0.331. The molecule has 0 saturated carbocycles. The number of ether oxygens (including phenoxy) is 1. The largest absolute Gasteiger partial charge is 0.456 e. The lowest BCUT2D eigenvalue weighted by Gasteiger charge is -2.21. The SMILES string of the molecule is CCn1c(C)cc(C(=O)COC(=O)CN2C(=O)N[C@](C)(c3ccccc3)C2=O)c1C. The van der Waals surface area contributed by atoms with Gasteiger partial charge in [-0.3, -0.25) is 19.3 Å². The molecule has 1 aromatic heterocycles. The molecule has 0 spiro atoms. The zero-order valence-corrected chi connectivity index (χ0v) is 17.5. The molecule has 1 aromatic carbocycles. The molecular formula is C22H25N3O5. The van der Waals surface area contributed by atoms with Crippen LogP contribution in [0.2, 0.25) is 0 Å². The molecule has 1 saturated heterocycles. The molecule has 0 unspecified atom stereocenters. The molecule has 8 nitrogen and oxygen atoms in total. The molecule has 1 N–H and O–H groups in total. The number of hydrogen-bond acceptors (Lipinski definition) is 5. The number of Topliss-reactive ketones (excluding diaryl/α,β-unsaturated/α-hetero) is 1. The van der Waals surface area contributed by atoms with Crippen LogP contribution in [0, 0.1) is 13.8 Å². The Balaban J connectivity index is 1.63. The minimum atomic E-state index is -1.26. The highest BCUT2D eigenvalue weighted by molar-refractivity contribution is 6.09. The smallest absolute Gasteiger partial charge is 0.326 e. The van der Waals surface area contributed by atoms with Gasteiger partial charge in [0.2, 0.25) is 5.78 Å². The van der Waals surface area contributed by atoms with E-state index >= 15 is 0 Å². The number of ketones is 1. The fourth-order valence-corrected chi connectivity index (χ4v) is 3.78. The summed E-state index contributed by atoms with van der Waals surface area (Å²) in [5.41, 5.74) is 1.61. The second-order valence-electron chi connectivity index (χ2n) is 7.43. The van der Waals surface area contributed by atoms with Crippen LogP contribution in [-0.4, -0.2) is 46.3 Å². The molecule has 1 fully saturated rings. The van der Waals surface area contributed by atoms with E-state index in [1.54, 1.807) is 43.3 Å². The molecule has 1 aliphatic rings. The highest BCUT2D eigenvalue weighted by Crippen LogP contribution is 2.28. The van der Waals surface area contributed by atoms with E-state index < -0.39 is 36.6 Å². The Labute approximate surface area is 174 Å². The molecule has 158 valence electrons. The van der Waals surface area contributed by atoms with E-state index in [1.165, 1.54) is 0 Å². The van der Waals surface area contributed by atoms with Gasteiger partial charge in [-0.05, 0) is 39.3 Å². The van der Waals surface area contributed by atoms with Crippen LogP contribution < -0.4 is 5.32 Å². The Kier molecular flexibility index (Phi) is 5.78. The summed E-state index contributed by atoms with van der Waals surface area (Å²) in [4.78, 5) is 50.6. The number of benzene rings is 1. The van der Waals surface area contributed by atoms with E-state index in [0.717, 1.165) is 22.8 Å². The molecule has 2 aromatic rings. The topological polar surface area (TPSA) is 97.7 Å². The van der Waals surface area contributed by atoms with Gasteiger partial charge in [-0.15, -0.1) is 0 Å². The fraction of sp³-hybridized carbons (Fsp3) is 0.364. The first-order valence-corrected chi connectivity index (χ1v) is 9.74. The third-order valence-corrected chi connectivity index (χ3v) is 5.47. The van der Waals surface area contributed by atoms with Crippen LogP contribution in [0.15, 0.2) is 36.4 Å². The number of aryl methyl sites for hydroxylation is 1. The van der Waals surface area contributed by atoms with Crippen LogP contribution in [0.3, 0.4) is 0 Å². The maximum absolute atomic E-state index is 12.8. The number of carbonyl (C=O) groups is 4. The van der Waals surface area contributed by atoms with Crippen molar-refractivity contribution < 1.29 is 23.9 Å². The van der Waals surface area contributed by atoms with Gasteiger partial charge in [0.15, 0.2) is 6.61 Å². The summed E-state index contributed by atoms with van der Waals surface area (Å²) >= 11 is 0. The zero-order chi connectivity index (χ0) is 22.1. The summed E-state index contributed by atoms with van der Waals surface area (Å²) in [5, 5.41) is 2.63. The number of carbonyl (C=O) groups excluding carboxylic acids is 4. The molecule has 0 radical (unpaired) electrons. The quantitative estimate of drug-likeness (QED) is 0.428. The Bertz CT molecular complexity index is 1010. The van der Waals surface area contributed by atoms with E-state index in [9.17, 15) is 19.2 Å². The van der Waals surface area contributed by atoms with Crippen LogP contribution in [-0.2, 0) is 26.4 Å². The maximum atomic E-state index is 12.8. The van der Waals surface area contributed by atoms with Gasteiger partial charge >= 0.3 is 12.0 Å². The third-order valence-electron chi connectivity index (χ3n) is 5.47. The molecule has 1 aliphatic heterocycles. The lowest BCUT2D eigenvalue weighted by molar-refractivity contribution is -0.146. The highest BCUT2D eigenvalue weighted by atomic mass is 16.5. The van der Waals surface area contributed by atoms with E-state index in [2.05, 4.69) is 5.32 Å². The molecule has 2 heterocycles. The molecule has 3 amide bonds. The molecule has 1 atom stereocenters. The van der Waals surface area contributed by atoms with E-state index in [-0.39, 0.29) is 5.78 Å². The van der Waals surface area contributed by atoms with E-state index in [4.69, 9.17) is 4.74 Å². The van der Waals surface area contributed by atoms with Gasteiger partial charge in [0.05, 0.1) is 0 Å². The Morgan fingerprint density at radius 2 is 1.80 bits per heavy atom. The molecular weight excluding hydrogens is 386 g/mol. The zero-order valence-electron chi connectivity index (χ0n) is 17.5. The molecule has 0 bridgehead atoms. The van der Waals surface area contributed by atoms with E-state index in [0.29, 0.717) is 11.1 Å². The van der Waals surface area contributed by atoms with Crippen molar-refractivity contribution in [2.45, 2.75) is 39.8 Å². The number of esters is 1. The second-order valence-corrected chi connectivity index (χ2v) is 7.43. The predicted molar refractivity (Wildman–Crippen MR) is 109 cm³/mol. The van der Waals surface area contributed by atoms with Crippen LogP contribution in [0.1, 0.15) is 41.2 Å². The minimum Gasteiger partial charge on any atom is -0.456 e. The van der Waals surface area contributed by atoms with Crippen molar-refractivity contribution in [3.05, 3.63) is 58.9 Å². The molecule has 30 heavy (non-hydrogen) atoms. The summed E-state index contributed by atoms with van der Waals surface area (Å²) in [6, 6.07) is 9.87. The first-order chi connectivity index (χ1) is 14.2. The Morgan fingerprint density at radius 3 is 2.40 bits per heavy atom. The number of nitrogens with one attached hydrogen (secondary N) is 1. The van der Waals surface area contributed by atoms with Crippen molar-refractivity contribution in [2.75, 3.05) is 13.2 Å². The van der Waals surface area contributed by atoms with E-state index in [1.807, 2.05) is 25.3 Å². The van der Waals surface area contributed by atoms with Gasteiger partial charge < -0.3 is 14.6 Å². The summed E-state index contributed by atoms with van der Waals surface area (Å²) in [6.45, 7) is 7.03. The second kappa shape index (κ2) is 8.14. The average molecular weight is 411 g/mol. The molecule has 8 heteroatoms. The van der Waals surface area contributed by atoms with Crippen molar-refractivity contribution in [1.82, 2.24) is 14.8 Å². The van der Waals surface area contributed by atoms with Gasteiger partial charge in [0, 0.05) is 23.5 Å². The van der Waals surface area contributed by atoms with Crippen LogP contribution in [0.4, 0.5) is 4.79 Å². The van der Waals surface area contributed by atoms with Crippen LogP contribution in [0.5, 0.6) is 0 Å². The lowest BCUT2D eigenvalue weighted by Crippen LogP contribution is -2.41. The van der Waals surface area contributed by atoms with Crippen molar-refractivity contribution in [2.24, 2.45) is 0 Å². The normalized spacial score (nSPS) is 18.5. The lowest BCUT2D eigenvalue weighted by atomic mass is 9.92. The summed E-state index contributed by atoms with van der Waals surface area (Å²) in [6.07, 6.45) is 0. The van der Waals surface area contributed by atoms with Gasteiger partial charge in [-0.1, -0.05) is 30.3 Å². The first-order valence-electron chi connectivity index (χ1n) is 9.74. The Morgan fingerprint density at radius 1 is 1.13 bits per heavy atom. The summed E-state index contributed by atoms with van der Waals surface area (Å²) < 4.78 is 7.05. The number of rotatable bonds is 7. The monoisotopic (exact) mass is 411 g/mol. The van der Waals surface area contributed by atoms with Crippen LogP contribution in [0.25, 0.3) is 0 Å². The van der Waals surface area contributed by atoms with Gasteiger partial charge in [0.1, 0.15) is 12.1 Å². The van der Waals surface area contributed by atoms with Gasteiger partial charge in [-0.25, -0.2) is 4.79 Å². The van der Waals surface area contributed by atoms with Crippen molar-refractivity contribution in [1.29, 1.82) is 0 Å². The third kappa shape index (κ3) is 3.72. The Hall–Kier alpha value is -3.42. The number of imide groups is 1. The first kappa shape index (κ1) is 21.3. The fourth-order valence-electron chi connectivity index (χ4n) is 3.78. The van der Waals surface area contributed by atoms with Crippen LogP contribution >= 0.6 is 0 Å². The number of aromatic nitrogens is 1. The standard InChI is InChI=1S/C22H25N3O5/c1-5-24-14(2)11-17(15(24)3)18(26)13-30-19(27)12-25-20(28)22(4,23-21(25)29)16-9-7-6-8-10-16/h6-11H,5,12-13H2,1-4H3,(H,23,29)/t22-/m1/s1. The number of amides is 3. The van der Waals surface area contributed by atoms with Crippen molar-refractivity contribution in [3.8, 4) is 0 Å². The predicted octanol–water partition coefficient (Wildman–Crippen LogP) is 2.32. The number of urea groups is 1. The van der Waals surface area contributed by atoms with Gasteiger partial charge in [0.25, 0.3) is 5.91 Å². The maximum Gasteiger partial charge on any atom is 0.326 e. The van der Waals surface area contributed by atoms with Crippen molar-refractivity contribution in [3.63, 3.8) is 0 Å². The summed E-state index contributed by atoms with van der Waals surface area (Å²) in [5.74, 6) is -1.70. The average Bonchev–Trinajstić information content (AvgIpc) is 3.14. The summed E-state index contributed by atoms with van der Waals surface area (Å²) in [7, 11) is 0.